The van der Waals surface area contributed by atoms with Gasteiger partial charge in [-0.25, -0.2) is 18.7 Å². The quantitative estimate of drug-likeness (QED) is 0.523. The van der Waals surface area contributed by atoms with Crippen LogP contribution >= 0.6 is 0 Å². The first-order valence-electron chi connectivity index (χ1n) is 10.7. The molecule has 0 bridgehead atoms. The van der Waals surface area contributed by atoms with Crippen LogP contribution in [0, 0.1) is 11.6 Å². The van der Waals surface area contributed by atoms with Crippen LogP contribution in [0.5, 0.6) is 17.2 Å². The monoisotopic (exact) mass is 470 g/mol. The van der Waals surface area contributed by atoms with Gasteiger partial charge >= 0.3 is 0 Å². The summed E-state index contributed by atoms with van der Waals surface area (Å²) in [6.07, 6.45) is 3.92. The number of rotatable bonds is 8. The van der Waals surface area contributed by atoms with Gasteiger partial charge < -0.3 is 24.4 Å². The molecule has 1 aliphatic rings. The number of hydrogen-bond acceptors (Lipinski definition) is 8. The predicted molar refractivity (Wildman–Crippen MR) is 122 cm³/mol. The Bertz CT molecular complexity index is 1140. The smallest absolute Gasteiger partial charge is 0.227 e. The summed E-state index contributed by atoms with van der Waals surface area (Å²) in [4.78, 5) is 22.1. The Labute approximate surface area is 195 Å². The number of nitrogens with one attached hydrogen (secondary N) is 1. The maximum atomic E-state index is 14.5. The first kappa shape index (κ1) is 23.2. The molecule has 2 aromatic carbocycles. The van der Waals surface area contributed by atoms with Crippen molar-refractivity contribution < 1.29 is 27.8 Å². The highest BCUT2D eigenvalue weighted by Crippen LogP contribution is 2.32. The predicted octanol–water partition coefficient (Wildman–Crippen LogP) is 4.26. The molecule has 1 saturated heterocycles. The molecule has 0 atom stereocenters. The molecule has 2 heterocycles. The summed E-state index contributed by atoms with van der Waals surface area (Å²) in [5, 5.41) is 3.12. The summed E-state index contributed by atoms with van der Waals surface area (Å²) in [5.41, 5.74) is 1.47. The van der Waals surface area contributed by atoms with Gasteiger partial charge in [0.25, 0.3) is 0 Å². The first-order chi connectivity index (χ1) is 16.5. The summed E-state index contributed by atoms with van der Waals surface area (Å²) < 4.78 is 44.3. The fourth-order valence-corrected chi connectivity index (χ4v) is 3.60. The number of anilines is 3. The van der Waals surface area contributed by atoms with Crippen molar-refractivity contribution in [1.82, 2.24) is 9.97 Å². The van der Waals surface area contributed by atoms with Crippen molar-refractivity contribution >= 4 is 23.1 Å². The normalized spacial score (nSPS) is 13.5. The summed E-state index contributed by atoms with van der Waals surface area (Å²) >= 11 is 0. The van der Waals surface area contributed by atoms with E-state index in [0.29, 0.717) is 31.9 Å². The minimum Gasteiger partial charge on any atom is -0.494 e. The molecule has 178 valence electrons. The number of carbonyl (C=O) groups excluding carboxylic acids is 1. The number of carbonyl (C=O) groups is 1. The lowest BCUT2D eigenvalue weighted by Crippen LogP contribution is -2.33. The van der Waals surface area contributed by atoms with Crippen LogP contribution in [0.25, 0.3) is 0 Å². The molecule has 1 aromatic heterocycles. The molecule has 1 fully saturated rings. The van der Waals surface area contributed by atoms with E-state index in [9.17, 15) is 13.6 Å². The fourth-order valence-electron chi connectivity index (χ4n) is 3.60. The van der Waals surface area contributed by atoms with Crippen LogP contribution in [-0.2, 0) is 11.4 Å². The molecule has 0 amide bonds. The number of nitrogens with zero attached hydrogens (tertiary/aromatic N) is 3. The molecule has 4 rings (SSSR count). The van der Waals surface area contributed by atoms with Crippen LogP contribution in [-0.4, -0.2) is 43.1 Å². The summed E-state index contributed by atoms with van der Waals surface area (Å²) in [5.74, 6) is -1.16. The van der Waals surface area contributed by atoms with E-state index in [1.165, 1.54) is 26.6 Å². The van der Waals surface area contributed by atoms with Crippen molar-refractivity contribution in [3.05, 3.63) is 59.9 Å². The number of methoxy groups -OCH3 is 2. The average Bonchev–Trinajstić information content (AvgIpc) is 2.86. The molecule has 8 nitrogen and oxygen atoms in total. The van der Waals surface area contributed by atoms with Gasteiger partial charge in [0, 0.05) is 43.4 Å². The number of aromatic nitrogens is 2. The summed E-state index contributed by atoms with van der Waals surface area (Å²) in [6, 6.07) is 8.89. The minimum atomic E-state index is -0.863. The standard InChI is InChI=1S/C24H24F2N4O4/c1-32-20-11-21(33-2)23(26)19(22(20)25)14-34-18-12-27-24(28-13-18)29-15-4-3-5-16(10-15)30-8-6-17(31)7-9-30/h3-5,10-13H,6-9,14H2,1-2H3,(H,27,28,29). The third-order valence-electron chi connectivity index (χ3n) is 5.46. The van der Waals surface area contributed by atoms with E-state index < -0.39 is 18.2 Å². The zero-order chi connectivity index (χ0) is 24.1. The third kappa shape index (κ3) is 5.16. The van der Waals surface area contributed by atoms with E-state index in [0.717, 1.165) is 17.4 Å². The van der Waals surface area contributed by atoms with Crippen molar-refractivity contribution in [3.63, 3.8) is 0 Å². The Morgan fingerprint density at radius 2 is 1.65 bits per heavy atom. The van der Waals surface area contributed by atoms with E-state index in [-0.39, 0.29) is 28.6 Å². The summed E-state index contributed by atoms with van der Waals surface area (Å²) in [6.45, 7) is 0.998. The number of piperidine rings is 1. The maximum Gasteiger partial charge on any atom is 0.227 e. The zero-order valence-electron chi connectivity index (χ0n) is 18.8. The van der Waals surface area contributed by atoms with Gasteiger partial charge in [0.2, 0.25) is 5.95 Å². The molecular weight excluding hydrogens is 446 g/mol. The molecule has 0 unspecified atom stereocenters. The highest BCUT2D eigenvalue weighted by atomic mass is 19.1. The molecule has 10 heteroatoms. The highest BCUT2D eigenvalue weighted by Gasteiger charge is 2.21. The van der Waals surface area contributed by atoms with Crippen molar-refractivity contribution in [2.24, 2.45) is 0 Å². The van der Waals surface area contributed by atoms with Gasteiger partial charge in [-0.05, 0) is 18.2 Å². The van der Waals surface area contributed by atoms with Gasteiger partial charge in [-0.3, -0.25) is 4.79 Å². The van der Waals surface area contributed by atoms with Gasteiger partial charge in [0.05, 0.1) is 32.2 Å². The largest absolute Gasteiger partial charge is 0.494 e. The lowest BCUT2D eigenvalue weighted by Gasteiger charge is -2.28. The van der Waals surface area contributed by atoms with Crippen LogP contribution in [0.1, 0.15) is 18.4 Å². The number of ether oxygens (including phenoxy) is 3. The molecule has 34 heavy (non-hydrogen) atoms. The van der Waals surface area contributed by atoms with E-state index in [2.05, 4.69) is 20.2 Å². The van der Waals surface area contributed by atoms with Crippen LogP contribution in [0.15, 0.2) is 42.7 Å². The van der Waals surface area contributed by atoms with Gasteiger partial charge in [-0.15, -0.1) is 0 Å². The Kier molecular flexibility index (Phi) is 7.05. The number of benzene rings is 2. The molecule has 3 aromatic rings. The van der Waals surface area contributed by atoms with E-state index in [4.69, 9.17) is 14.2 Å². The van der Waals surface area contributed by atoms with Crippen LogP contribution < -0.4 is 24.4 Å². The second-order valence-electron chi connectivity index (χ2n) is 7.62. The highest BCUT2D eigenvalue weighted by molar-refractivity contribution is 5.81. The second-order valence-corrected chi connectivity index (χ2v) is 7.62. The Balaban J connectivity index is 1.41. The van der Waals surface area contributed by atoms with Crippen LogP contribution in [0.4, 0.5) is 26.1 Å². The van der Waals surface area contributed by atoms with Crippen molar-refractivity contribution in [2.45, 2.75) is 19.4 Å². The zero-order valence-corrected chi connectivity index (χ0v) is 18.8. The van der Waals surface area contributed by atoms with Gasteiger partial charge in [0.1, 0.15) is 12.4 Å². The molecule has 0 saturated carbocycles. The lowest BCUT2D eigenvalue weighted by atomic mass is 10.1. The Morgan fingerprint density at radius 3 is 2.26 bits per heavy atom. The van der Waals surface area contributed by atoms with Gasteiger partial charge in [0.15, 0.2) is 28.9 Å². The van der Waals surface area contributed by atoms with Crippen molar-refractivity contribution in [2.75, 3.05) is 37.5 Å². The van der Waals surface area contributed by atoms with E-state index >= 15 is 0 Å². The van der Waals surface area contributed by atoms with Crippen LogP contribution in [0.3, 0.4) is 0 Å². The van der Waals surface area contributed by atoms with Crippen molar-refractivity contribution in [3.8, 4) is 17.2 Å². The fraction of sp³-hybridized carbons (Fsp3) is 0.292. The first-order valence-corrected chi connectivity index (χ1v) is 10.7. The molecule has 1 N–H and O–H groups in total. The minimum absolute atomic E-state index is 0.147. The van der Waals surface area contributed by atoms with Gasteiger partial charge in [-0.1, -0.05) is 6.07 Å². The Hall–Kier alpha value is -3.95. The Morgan fingerprint density at radius 1 is 1.00 bits per heavy atom. The topological polar surface area (TPSA) is 85.8 Å². The molecular formula is C24H24F2N4O4. The molecule has 0 radical (unpaired) electrons. The number of hydrogen-bond donors (Lipinski definition) is 1. The number of halogens is 2. The third-order valence-corrected chi connectivity index (χ3v) is 5.46. The SMILES string of the molecule is COc1cc(OC)c(F)c(COc2cnc(Nc3cccc(N4CCC(=O)CC4)c3)nc2)c1F. The molecule has 1 aliphatic heterocycles. The molecule has 0 aliphatic carbocycles. The van der Waals surface area contributed by atoms with E-state index in [1.54, 1.807) is 0 Å². The molecule has 0 spiro atoms. The average molecular weight is 470 g/mol. The lowest BCUT2D eigenvalue weighted by molar-refractivity contribution is -0.119. The number of ketones is 1. The van der Waals surface area contributed by atoms with Gasteiger partial charge in [-0.2, -0.15) is 0 Å². The van der Waals surface area contributed by atoms with Crippen molar-refractivity contribution in [1.29, 1.82) is 0 Å². The second kappa shape index (κ2) is 10.3. The number of Topliss-reactive ketones (excluding diaryl/α,β-unsaturated/α-hetero) is 1. The summed E-state index contributed by atoms with van der Waals surface area (Å²) in [7, 11) is 2.56. The maximum absolute atomic E-state index is 14.5. The van der Waals surface area contributed by atoms with E-state index in [1.807, 2.05) is 24.3 Å². The van der Waals surface area contributed by atoms with Crippen LogP contribution in [0.2, 0.25) is 0 Å².